The molecular weight excluding hydrogens is 457 g/mol. The van der Waals surface area contributed by atoms with Crippen LogP contribution in [0.3, 0.4) is 0 Å². The van der Waals surface area contributed by atoms with Gasteiger partial charge in [-0.2, -0.15) is 8.42 Å². The lowest BCUT2D eigenvalue weighted by Crippen LogP contribution is -2.32. The van der Waals surface area contributed by atoms with Crippen molar-refractivity contribution in [3.05, 3.63) is 58.9 Å². The Balaban J connectivity index is 1.62. The maximum atomic E-state index is 16.0. The van der Waals surface area contributed by atoms with Gasteiger partial charge in [0, 0.05) is 0 Å². The summed E-state index contributed by atoms with van der Waals surface area (Å²) in [6.07, 6.45) is 3.20. The van der Waals surface area contributed by atoms with Gasteiger partial charge in [-0.1, -0.05) is 44.2 Å². The Morgan fingerprint density at radius 1 is 1.26 bits per heavy atom. The van der Waals surface area contributed by atoms with Crippen LogP contribution in [0.1, 0.15) is 43.4 Å². The van der Waals surface area contributed by atoms with E-state index in [1.54, 1.807) is 6.07 Å². The van der Waals surface area contributed by atoms with Gasteiger partial charge >= 0.3 is 10.2 Å². The summed E-state index contributed by atoms with van der Waals surface area (Å²) in [6.45, 7) is 5.75. The monoisotopic (exact) mass is 489 g/mol. The number of amides is 1. The molecule has 0 radical (unpaired) electrons. The zero-order chi connectivity index (χ0) is 24.3. The first-order valence-electron chi connectivity index (χ1n) is 11.8. The topological polar surface area (TPSA) is 87.7 Å². The summed E-state index contributed by atoms with van der Waals surface area (Å²) in [5.41, 5.74) is 2.02. The molecule has 0 aromatic heterocycles. The van der Waals surface area contributed by atoms with Crippen molar-refractivity contribution in [2.75, 3.05) is 23.9 Å². The predicted octanol–water partition coefficient (Wildman–Crippen LogP) is 3.33. The minimum Gasteiger partial charge on any atom is -0.487 e. The minimum atomic E-state index is -4.18. The molecule has 1 unspecified atom stereocenters. The van der Waals surface area contributed by atoms with Crippen LogP contribution in [-0.2, 0) is 34.5 Å². The molecule has 1 saturated heterocycles. The average molecular weight is 490 g/mol. The van der Waals surface area contributed by atoms with Crippen LogP contribution in [0.25, 0.3) is 0 Å². The number of hydrogen-bond acceptors (Lipinski definition) is 5. The second-order valence-corrected chi connectivity index (χ2v) is 11.1. The van der Waals surface area contributed by atoms with E-state index in [0.717, 1.165) is 41.4 Å². The molecule has 1 fully saturated rings. The van der Waals surface area contributed by atoms with Crippen LogP contribution in [0.5, 0.6) is 5.75 Å². The lowest BCUT2D eigenvalue weighted by molar-refractivity contribution is -0.117. The Morgan fingerprint density at radius 2 is 2.03 bits per heavy atom. The number of hydrogen-bond donors (Lipinski definition) is 2. The number of nitrogens with one attached hydrogen (secondary N) is 2. The normalized spacial score (nSPS) is 19.2. The molecule has 1 aliphatic heterocycles. The molecular formula is C25H32FN3O4S. The minimum absolute atomic E-state index is 0.133. The zero-order valence-corrected chi connectivity index (χ0v) is 20.5. The van der Waals surface area contributed by atoms with Crippen LogP contribution < -0.4 is 19.1 Å². The lowest BCUT2D eigenvalue weighted by atomic mass is 9.83. The average Bonchev–Trinajstić information content (AvgIpc) is 3.07. The van der Waals surface area contributed by atoms with Crippen molar-refractivity contribution < 1.29 is 22.3 Å². The molecule has 1 atom stereocenters. The number of benzene rings is 2. The van der Waals surface area contributed by atoms with Gasteiger partial charge in [-0.3, -0.25) is 4.79 Å². The number of halogens is 1. The van der Waals surface area contributed by atoms with E-state index >= 15 is 4.39 Å². The number of ether oxygens (including phenoxy) is 1. The van der Waals surface area contributed by atoms with Crippen molar-refractivity contribution in [1.29, 1.82) is 0 Å². The maximum absolute atomic E-state index is 16.0. The van der Waals surface area contributed by atoms with Gasteiger partial charge in [0.2, 0.25) is 0 Å². The first kappa shape index (κ1) is 24.5. The molecule has 7 nitrogen and oxygen atoms in total. The van der Waals surface area contributed by atoms with Crippen molar-refractivity contribution in [1.82, 2.24) is 10.0 Å². The molecule has 1 amide bonds. The van der Waals surface area contributed by atoms with Gasteiger partial charge in [0.05, 0.1) is 0 Å². The molecule has 184 valence electrons. The highest BCUT2D eigenvalue weighted by Gasteiger charge is 2.39. The van der Waals surface area contributed by atoms with E-state index in [4.69, 9.17) is 4.74 Å². The summed E-state index contributed by atoms with van der Waals surface area (Å²) in [6, 6.07) is 11.1. The van der Waals surface area contributed by atoms with Crippen LogP contribution in [0.4, 0.5) is 10.1 Å². The van der Waals surface area contributed by atoms with Gasteiger partial charge in [0.25, 0.3) is 5.91 Å². The quantitative estimate of drug-likeness (QED) is 0.528. The molecule has 2 aromatic rings. The second-order valence-electron chi connectivity index (χ2n) is 9.48. The van der Waals surface area contributed by atoms with E-state index in [0.29, 0.717) is 24.3 Å². The van der Waals surface area contributed by atoms with E-state index in [1.807, 2.05) is 35.1 Å². The molecule has 0 spiro atoms. The van der Waals surface area contributed by atoms with E-state index < -0.39 is 28.5 Å². The van der Waals surface area contributed by atoms with Crippen LogP contribution in [-0.4, -0.2) is 34.0 Å². The van der Waals surface area contributed by atoms with Crippen molar-refractivity contribution in [2.45, 2.75) is 46.1 Å². The fraction of sp³-hybridized carbons (Fsp3) is 0.480. The fourth-order valence-electron chi connectivity index (χ4n) is 4.49. The van der Waals surface area contributed by atoms with Crippen LogP contribution >= 0.6 is 0 Å². The molecule has 1 aliphatic carbocycles. The smallest absolute Gasteiger partial charge is 0.326 e. The summed E-state index contributed by atoms with van der Waals surface area (Å²) in [7, 11) is -4.18. The third kappa shape index (κ3) is 5.52. The molecule has 4 rings (SSSR count). The van der Waals surface area contributed by atoms with Gasteiger partial charge in [-0.05, 0) is 73.4 Å². The molecule has 0 saturated carbocycles. The SMILES string of the molecule is CC(C)CCNCC1CCc2cc(OCc3ccccc3)c(N3CC(=O)NS3(=O)=O)c(F)c2C1. The summed E-state index contributed by atoms with van der Waals surface area (Å²) in [4.78, 5) is 11.9. The Hall–Kier alpha value is -2.65. The van der Waals surface area contributed by atoms with Crippen LogP contribution in [0.15, 0.2) is 36.4 Å². The molecule has 9 heteroatoms. The number of carbonyl (C=O) groups excluding carboxylic acids is 1. The van der Waals surface area contributed by atoms with Crippen LogP contribution in [0.2, 0.25) is 0 Å². The highest BCUT2D eigenvalue weighted by molar-refractivity contribution is 7.92. The number of carbonyl (C=O) groups is 1. The maximum Gasteiger partial charge on any atom is 0.326 e. The van der Waals surface area contributed by atoms with E-state index in [1.165, 1.54) is 0 Å². The molecule has 0 bridgehead atoms. The number of nitrogens with zero attached hydrogens (tertiary/aromatic N) is 1. The lowest BCUT2D eigenvalue weighted by Gasteiger charge is -2.29. The fourth-order valence-corrected chi connectivity index (χ4v) is 5.65. The highest BCUT2D eigenvalue weighted by Crippen LogP contribution is 2.41. The van der Waals surface area contributed by atoms with Crippen LogP contribution in [0, 0.1) is 17.7 Å². The molecule has 2 aromatic carbocycles. The third-order valence-electron chi connectivity index (χ3n) is 6.35. The standard InChI is InChI=1S/C25H32FN3O4S/c1-17(2)10-11-27-14-19-8-9-20-13-22(33-16-18-6-4-3-5-7-18)25(24(26)21(20)12-19)29-15-23(30)28-34(29,31)32/h3-7,13,17,19,27H,8-12,14-16H2,1-2H3,(H,28,30). The Labute approximate surface area is 200 Å². The zero-order valence-electron chi connectivity index (χ0n) is 19.6. The number of anilines is 1. The first-order valence-corrected chi connectivity index (χ1v) is 13.2. The predicted molar refractivity (Wildman–Crippen MR) is 129 cm³/mol. The van der Waals surface area contributed by atoms with Gasteiger partial charge in [-0.25, -0.2) is 13.4 Å². The van der Waals surface area contributed by atoms with Crippen molar-refractivity contribution in [3.63, 3.8) is 0 Å². The molecule has 34 heavy (non-hydrogen) atoms. The summed E-state index contributed by atoms with van der Waals surface area (Å²) in [5.74, 6) is -0.305. The van der Waals surface area contributed by atoms with E-state index in [-0.39, 0.29) is 24.0 Å². The first-order chi connectivity index (χ1) is 16.2. The van der Waals surface area contributed by atoms with E-state index in [2.05, 4.69) is 19.2 Å². The van der Waals surface area contributed by atoms with Gasteiger partial charge in [-0.15, -0.1) is 0 Å². The van der Waals surface area contributed by atoms with Gasteiger partial charge in [0.1, 0.15) is 24.6 Å². The Bertz CT molecular complexity index is 1140. The Kier molecular flexibility index (Phi) is 7.42. The van der Waals surface area contributed by atoms with Crippen molar-refractivity contribution in [2.24, 2.45) is 11.8 Å². The number of aryl methyl sites for hydroxylation is 1. The summed E-state index contributed by atoms with van der Waals surface area (Å²) < 4.78 is 49.8. The number of rotatable bonds is 9. The van der Waals surface area contributed by atoms with E-state index in [9.17, 15) is 13.2 Å². The second kappa shape index (κ2) is 10.3. The molecule has 2 N–H and O–H groups in total. The van der Waals surface area contributed by atoms with Gasteiger partial charge < -0.3 is 10.1 Å². The van der Waals surface area contributed by atoms with Crippen molar-refractivity contribution >= 4 is 21.8 Å². The van der Waals surface area contributed by atoms with Crippen molar-refractivity contribution in [3.8, 4) is 5.75 Å². The van der Waals surface area contributed by atoms with Gasteiger partial charge in [0.15, 0.2) is 5.82 Å². The highest BCUT2D eigenvalue weighted by atomic mass is 32.2. The third-order valence-corrected chi connectivity index (χ3v) is 7.73. The summed E-state index contributed by atoms with van der Waals surface area (Å²) in [5, 5.41) is 3.47. The Morgan fingerprint density at radius 3 is 2.71 bits per heavy atom. The molecule has 2 aliphatic rings. The number of fused-ring (bicyclic) bond motifs is 1. The largest absolute Gasteiger partial charge is 0.487 e. The molecule has 1 heterocycles. The summed E-state index contributed by atoms with van der Waals surface area (Å²) >= 11 is 0.